The average molecular weight is 366 g/mol. The molecule has 1 aromatic rings. The topological polar surface area (TPSA) is 83.0 Å². The number of rotatable bonds is 7. The fourth-order valence-electron chi connectivity index (χ4n) is 3.04. The molecule has 0 bridgehead atoms. The Morgan fingerprint density at radius 2 is 2.08 bits per heavy atom. The van der Waals surface area contributed by atoms with Crippen LogP contribution < -0.4 is 15.4 Å². The van der Waals surface area contributed by atoms with Crippen LogP contribution in [0.4, 0.5) is 0 Å². The maximum absolute atomic E-state index is 11.2. The first-order valence-electron chi connectivity index (χ1n) is 8.85. The van der Waals surface area contributed by atoms with Crippen molar-refractivity contribution in [3.05, 3.63) is 29.8 Å². The van der Waals surface area contributed by atoms with Crippen molar-refractivity contribution in [1.82, 2.24) is 15.5 Å². The molecule has 138 valence electrons. The first-order valence-corrected chi connectivity index (χ1v) is 10.5. The van der Waals surface area contributed by atoms with Gasteiger partial charge in [-0.05, 0) is 50.0 Å². The first-order chi connectivity index (χ1) is 12.1. The Kier molecular flexibility index (Phi) is 6.14. The standard InChI is InChI=1S/C17H26N4O3S/c22-25(23)14-19-17(20-25)18-8-5-11-24-16-7-4-6-15(12-16)13-21-9-2-1-3-10-21/h4,6-7,12H,1-3,5,8-11,13-14H2,(H2,18,19,20). The van der Waals surface area contributed by atoms with Crippen molar-refractivity contribution in [2.24, 2.45) is 4.40 Å². The number of piperidine rings is 1. The van der Waals surface area contributed by atoms with E-state index < -0.39 is 10.0 Å². The quantitative estimate of drug-likeness (QED) is 0.708. The van der Waals surface area contributed by atoms with Gasteiger partial charge in [-0.1, -0.05) is 18.6 Å². The maximum Gasteiger partial charge on any atom is 0.274 e. The van der Waals surface area contributed by atoms with Crippen LogP contribution in [0.3, 0.4) is 0 Å². The lowest BCUT2D eigenvalue weighted by molar-refractivity contribution is 0.220. The van der Waals surface area contributed by atoms with Gasteiger partial charge in [0.25, 0.3) is 10.0 Å². The Hall–Kier alpha value is -1.80. The lowest BCUT2D eigenvalue weighted by atomic mass is 10.1. The summed E-state index contributed by atoms with van der Waals surface area (Å²) in [6.07, 6.45) is 4.70. The van der Waals surface area contributed by atoms with Crippen LogP contribution in [0.15, 0.2) is 28.7 Å². The van der Waals surface area contributed by atoms with Gasteiger partial charge in [0, 0.05) is 13.1 Å². The molecule has 1 aromatic carbocycles. The molecule has 0 radical (unpaired) electrons. The summed E-state index contributed by atoms with van der Waals surface area (Å²) >= 11 is 0. The third kappa shape index (κ3) is 5.89. The van der Waals surface area contributed by atoms with Gasteiger partial charge in [-0.3, -0.25) is 4.90 Å². The van der Waals surface area contributed by atoms with Crippen LogP contribution in [0.2, 0.25) is 0 Å². The molecule has 2 aliphatic heterocycles. The van der Waals surface area contributed by atoms with Crippen molar-refractivity contribution in [2.45, 2.75) is 32.2 Å². The highest BCUT2D eigenvalue weighted by molar-refractivity contribution is 7.90. The fraction of sp³-hybridized carbons (Fsp3) is 0.588. The van der Waals surface area contributed by atoms with Crippen LogP contribution in [0.1, 0.15) is 31.2 Å². The highest BCUT2D eigenvalue weighted by Crippen LogP contribution is 2.17. The number of guanidine groups is 1. The van der Waals surface area contributed by atoms with E-state index in [0.29, 0.717) is 19.1 Å². The third-order valence-electron chi connectivity index (χ3n) is 4.29. The Bertz CT molecular complexity index is 700. The van der Waals surface area contributed by atoms with Gasteiger partial charge in [0.05, 0.1) is 6.61 Å². The second-order valence-electron chi connectivity index (χ2n) is 6.46. The number of sulfonamides is 1. The molecule has 0 amide bonds. The smallest absolute Gasteiger partial charge is 0.274 e. The van der Waals surface area contributed by atoms with E-state index in [0.717, 1.165) is 18.7 Å². The molecule has 0 atom stereocenters. The zero-order valence-corrected chi connectivity index (χ0v) is 15.2. The number of benzene rings is 1. The zero-order valence-electron chi connectivity index (χ0n) is 14.4. The number of ether oxygens (including phenoxy) is 1. The summed E-state index contributed by atoms with van der Waals surface area (Å²) in [5.41, 5.74) is 1.28. The molecular formula is C17H26N4O3S. The molecular weight excluding hydrogens is 340 g/mol. The Morgan fingerprint density at radius 3 is 2.84 bits per heavy atom. The Morgan fingerprint density at radius 1 is 1.24 bits per heavy atom. The number of hydrogen-bond acceptors (Lipinski definition) is 6. The lowest BCUT2D eigenvalue weighted by Gasteiger charge is -2.26. The molecule has 2 aliphatic rings. The predicted molar refractivity (Wildman–Crippen MR) is 98.0 cm³/mol. The van der Waals surface area contributed by atoms with Crippen molar-refractivity contribution in [3.63, 3.8) is 0 Å². The van der Waals surface area contributed by atoms with Gasteiger partial charge in [0.2, 0.25) is 5.96 Å². The molecule has 0 aliphatic carbocycles. The summed E-state index contributed by atoms with van der Waals surface area (Å²) in [5.74, 6) is 1.08. The van der Waals surface area contributed by atoms with E-state index in [2.05, 4.69) is 32.1 Å². The molecule has 7 nitrogen and oxygen atoms in total. The molecule has 2 heterocycles. The maximum atomic E-state index is 11.2. The van der Waals surface area contributed by atoms with Crippen LogP contribution in [0, 0.1) is 0 Å². The molecule has 1 fully saturated rings. The predicted octanol–water partition coefficient (Wildman–Crippen LogP) is 1.28. The number of nitrogens with zero attached hydrogens (tertiary/aromatic N) is 2. The summed E-state index contributed by atoms with van der Waals surface area (Å²) < 4.78 is 31.7. The van der Waals surface area contributed by atoms with Crippen molar-refractivity contribution in [2.75, 3.05) is 32.1 Å². The largest absolute Gasteiger partial charge is 0.494 e. The van der Waals surface area contributed by atoms with E-state index >= 15 is 0 Å². The van der Waals surface area contributed by atoms with E-state index in [1.165, 1.54) is 37.9 Å². The number of likely N-dealkylation sites (tertiary alicyclic amines) is 1. The normalized spacial score (nSPS) is 19.9. The van der Waals surface area contributed by atoms with Crippen LogP contribution in [-0.4, -0.2) is 51.4 Å². The van der Waals surface area contributed by atoms with E-state index in [-0.39, 0.29) is 5.88 Å². The summed E-state index contributed by atoms with van der Waals surface area (Å²) in [6, 6.07) is 8.27. The SMILES string of the molecule is O=S1(=O)CNC(NCCCOc2cccc(CN3CCCCC3)c2)=N1. The van der Waals surface area contributed by atoms with Crippen molar-refractivity contribution < 1.29 is 13.2 Å². The van der Waals surface area contributed by atoms with E-state index in [9.17, 15) is 8.42 Å². The fourth-order valence-corrected chi connectivity index (χ4v) is 3.83. The molecule has 1 saturated heterocycles. The minimum absolute atomic E-state index is 0.129. The van der Waals surface area contributed by atoms with Gasteiger partial charge in [0.1, 0.15) is 11.6 Å². The van der Waals surface area contributed by atoms with Crippen molar-refractivity contribution in [1.29, 1.82) is 0 Å². The molecule has 0 spiro atoms. The van der Waals surface area contributed by atoms with Gasteiger partial charge in [-0.25, -0.2) is 8.42 Å². The van der Waals surface area contributed by atoms with Crippen LogP contribution >= 0.6 is 0 Å². The van der Waals surface area contributed by atoms with E-state index in [1.807, 2.05) is 12.1 Å². The summed E-state index contributed by atoms with van der Waals surface area (Å²) in [5, 5.41) is 5.67. The van der Waals surface area contributed by atoms with Crippen molar-refractivity contribution in [3.8, 4) is 5.75 Å². The highest BCUT2D eigenvalue weighted by Gasteiger charge is 2.18. The van der Waals surface area contributed by atoms with Crippen LogP contribution in [0.25, 0.3) is 0 Å². The minimum atomic E-state index is -3.32. The molecule has 8 heteroatoms. The zero-order chi connectivity index (χ0) is 17.5. The molecule has 0 unspecified atom stereocenters. The molecule has 3 rings (SSSR count). The Labute approximate surface area is 149 Å². The van der Waals surface area contributed by atoms with Crippen molar-refractivity contribution >= 4 is 16.0 Å². The molecule has 2 N–H and O–H groups in total. The van der Waals surface area contributed by atoms with Crippen LogP contribution in [0.5, 0.6) is 5.75 Å². The summed E-state index contributed by atoms with van der Waals surface area (Å²) in [4.78, 5) is 2.50. The second-order valence-corrected chi connectivity index (χ2v) is 8.09. The third-order valence-corrected chi connectivity index (χ3v) is 5.26. The van der Waals surface area contributed by atoms with Gasteiger partial charge >= 0.3 is 0 Å². The van der Waals surface area contributed by atoms with E-state index in [1.54, 1.807) is 0 Å². The lowest BCUT2D eigenvalue weighted by Crippen LogP contribution is -2.34. The Balaban J connectivity index is 1.37. The van der Waals surface area contributed by atoms with E-state index in [4.69, 9.17) is 4.74 Å². The molecule has 0 aromatic heterocycles. The van der Waals surface area contributed by atoms with Gasteiger partial charge in [-0.2, -0.15) is 0 Å². The second kappa shape index (κ2) is 8.53. The summed E-state index contributed by atoms with van der Waals surface area (Å²) in [6.45, 7) is 4.53. The van der Waals surface area contributed by atoms with Crippen LogP contribution in [-0.2, 0) is 16.6 Å². The van der Waals surface area contributed by atoms with Gasteiger partial charge in [0.15, 0.2) is 0 Å². The van der Waals surface area contributed by atoms with Gasteiger partial charge in [-0.15, -0.1) is 4.40 Å². The monoisotopic (exact) mass is 366 g/mol. The molecule has 25 heavy (non-hydrogen) atoms. The summed E-state index contributed by atoms with van der Waals surface area (Å²) in [7, 11) is -3.32. The number of nitrogens with one attached hydrogen (secondary N) is 2. The molecule has 0 saturated carbocycles. The number of hydrogen-bond donors (Lipinski definition) is 2. The average Bonchev–Trinajstić information content (AvgIpc) is 2.95. The minimum Gasteiger partial charge on any atom is -0.494 e. The van der Waals surface area contributed by atoms with Gasteiger partial charge < -0.3 is 15.4 Å². The first kappa shape index (κ1) is 18.0. The highest BCUT2D eigenvalue weighted by atomic mass is 32.2.